The Morgan fingerprint density at radius 1 is 1.29 bits per heavy atom. The fourth-order valence-electron chi connectivity index (χ4n) is 0.843. The highest BCUT2D eigenvalue weighted by atomic mass is 19.3. The van der Waals surface area contributed by atoms with Crippen LogP contribution in [0.2, 0.25) is 0 Å². The van der Waals surface area contributed by atoms with Gasteiger partial charge in [-0.1, -0.05) is 13.8 Å². The second kappa shape index (κ2) is 4.83. The zero-order valence-corrected chi connectivity index (χ0v) is 8.08. The molecule has 0 N–H and O–H groups in total. The maximum absolute atomic E-state index is 12.4. The van der Waals surface area contributed by atoms with Crippen molar-refractivity contribution in [2.75, 3.05) is 6.61 Å². The van der Waals surface area contributed by atoms with Gasteiger partial charge in [-0.2, -0.15) is 0 Å². The minimum atomic E-state index is -2.65. The summed E-state index contributed by atoms with van der Waals surface area (Å²) < 4.78 is 29.8. The lowest BCUT2D eigenvalue weighted by molar-refractivity contribution is 0.136. The lowest BCUT2D eigenvalue weighted by Crippen LogP contribution is -2.08. The van der Waals surface area contributed by atoms with E-state index in [4.69, 9.17) is 4.74 Å². The van der Waals surface area contributed by atoms with Crippen LogP contribution in [0.5, 0.6) is 5.88 Å². The molecule has 78 valence electrons. The molecular formula is C9H12F2N2O. The normalized spacial score (nSPS) is 11.0. The average Bonchev–Trinajstić information content (AvgIpc) is 2.15. The molecule has 0 amide bonds. The van der Waals surface area contributed by atoms with Gasteiger partial charge in [0, 0.05) is 12.4 Å². The molecule has 1 aromatic heterocycles. The van der Waals surface area contributed by atoms with Crippen molar-refractivity contribution in [1.82, 2.24) is 9.97 Å². The zero-order valence-electron chi connectivity index (χ0n) is 8.08. The maximum atomic E-state index is 12.4. The smallest absolute Gasteiger partial charge is 0.285 e. The minimum absolute atomic E-state index is 0.0730. The molecule has 0 fully saturated rings. The van der Waals surface area contributed by atoms with Crippen LogP contribution in [0.1, 0.15) is 26.0 Å². The van der Waals surface area contributed by atoms with Crippen molar-refractivity contribution in [3.05, 3.63) is 18.1 Å². The van der Waals surface area contributed by atoms with Crippen LogP contribution in [-0.2, 0) is 0 Å². The lowest BCUT2D eigenvalue weighted by atomic mass is 10.2. The van der Waals surface area contributed by atoms with E-state index in [2.05, 4.69) is 9.97 Å². The predicted octanol–water partition coefficient (Wildman–Crippen LogP) is 2.45. The second-order valence-electron chi connectivity index (χ2n) is 3.25. The van der Waals surface area contributed by atoms with Crippen LogP contribution in [0.3, 0.4) is 0 Å². The van der Waals surface area contributed by atoms with Gasteiger partial charge in [-0.3, -0.25) is 0 Å². The number of hydrogen-bond donors (Lipinski definition) is 0. The third kappa shape index (κ3) is 2.90. The quantitative estimate of drug-likeness (QED) is 0.752. The van der Waals surface area contributed by atoms with Crippen molar-refractivity contribution in [2.24, 2.45) is 5.92 Å². The van der Waals surface area contributed by atoms with Gasteiger partial charge in [0.1, 0.15) is 0 Å². The Bertz CT molecular complexity index is 292. The summed E-state index contributed by atoms with van der Waals surface area (Å²) in [6, 6.07) is 0. The van der Waals surface area contributed by atoms with Gasteiger partial charge >= 0.3 is 0 Å². The number of halogens is 2. The van der Waals surface area contributed by atoms with Crippen molar-refractivity contribution in [3.8, 4) is 5.88 Å². The summed E-state index contributed by atoms with van der Waals surface area (Å²) in [5.74, 6) is 0.193. The Hall–Kier alpha value is -1.26. The van der Waals surface area contributed by atoms with Gasteiger partial charge in [0.25, 0.3) is 6.43 Å². The molecule has 0 radical (unpaired) electrons. The van der Waals surface area contributed by atoms with Crippen molar-refractivity contribution in [1.29, 1.82) is 0 Å². The van der Waals surface area contributed by atoms with E-state index in [1.807, 2.05) is 13.8 Å². The molecule has 1 aromatic rings. The van der Waals surface area contributed by atoms with Crippen molar-refractivity contribution >= 4 is 0 Å². The molecular weight excluding hydrogens is 190 g/mol. The monoisotopic (exact) mass is 202 g/mol. The van der Waals surface area contributed by atoms with Gasteiger partial charge < -0.3 is 4.74 Å². The van der Waals surface area contributed by atoms with Crippen molar-refractivity contribution in [2.45, 2.75) is 20.3 Å². The summed E-state index contributed by atoms with van der Waals surface area (Å²) >= 11 is 0. The van der Waals surface area contributed by atoms with Gasteiger partial charge in [0.05, 0.1) is 6.61 Å². The first-order chi connectivity index (χ1) is 6.61. The molecule has 1 rings (SSSR count). The Labute approximate surface area is 81.1 Å². The van der Waals surface area contributed by atoms with Crippen LogP contribution in [0, 0.1) is 5.92 Å². The van der Waals surface area contributed by atoms with Crippen molar-refractivity contribution < 1.29 is 13.5 Å². The molecule has 0 aliphatic carbocycles. The summed E-state index contributed by atoms with van der Waals surface area (Å²) in [5, 5.41) is 0. The van der Waals surface area contributed by atoms with Crippen molar-refractivity contribution in [3.63, 3.8) is 0 Å². The van der Waals surface area contributed by atoms with Crippen LogP contribution in [0.15, 0.2) is 12.4 Å². The summed E-state index contributed by atoms with van der Waals surface area (Å²) in [6.07, 6.45) is -0.0866. The molecule has 0 bridgehead atoms. The first-order valence-corrected chi connectivity index (χ1v) is 4.33. The molecule has 1 heterocycles. The number of aromatic nitrogens is 2. The first kappa shape index (κ1) is 10.8. The summed E-state index contributed by atoms with van der Waals surface area (Å²) in [5.41, 5.74) is -0.395. The standard InChI is InChI=1S/C9H12F2N2O/c1-6(2)5-14-9-7(8(10)11)12-3-4-13-9/h3-4,6,8H,5H2,1-2H3. The van der Waals surface area contributed by atoms with E-state index in [0.29, 0.717) is 6.61 Å². The highest BCUT2D eigenvalue weighted by Gasteiger charge is 2.16. The largest absolute Gasteiger partial charge is 0.476 e. The third-order valence-electron chi connectivity index (χ3n) is 1.45. The van der Waals surface area contributed by atoms with E-state index in [9.17, 15) is 8.78 Å². The second-order valence-corrected chi connectivity index (χ2v) is 3.25. The van der Waals surface area contributed by atoms with Crippen LogP contribution < -0.4 is 4.74 Å². The fraction of sp³-hybridized carbons (Fsp3) is 0.556. The summed E-state index contributed by atoms with van der Waals surface area (Å²) in [7, 11) is 0. The lowest BCUT2D eigenvalue weighted by Gasteiger charge is -2.09. The molecule has 5 heteroatoms. The van der Waals surface area contributed by atoms with E-state index in [1.54, 1.807) is 0 Å². The molecule has 3 nitrogen and oxygen atoms in total. The Kier molecular flexibility index (Phi) is 3.73. The number of rotatable bonds is 4. The van der Waals surface area contributed by atoms with Crippen LogP contribution in [0.25, 0.3) is 0 Å². The van der Waals surface area contributed by atoms with Crippen LogP contribution in [-0.4, -0.2) is 16.6 Å². The molecule has 14 heavy (non-hydrogen) atoms. The number of hydrogen-bond acceptors (Lipinski definition) is 3. The topological polar surface area (TPSA) is 35.0 Å². The molecule has 0 saturated carbocycles. The molecule has 0 spiro atoms. The van der Waals surface area contributed by atoms with E-state index in [-0.39, 0.29) is 11.8 Å². The number of nitrogens with zero attached hydrogens (tertiary/aromatic N) is 2. The molecule has 0 aliphatic heterocycles. The molecule has 0 saturated heterocycles. The van der Waals surface area contributed by atoms with Gasteiger partial charge in [-0.15, -0.1) is 0 Å². The molecule has 0 aliphatic rings. The first-order valence-electron chi connectivity index (χ1n) is 4.33. The SMILES string of the molecule is CC(C)COc1nccnc1C(F)F. The zero-order chi connectivity index (χ0) is 10.6. The Balaban J connectivity index is 2.74. The van der Waals surface area contributed by atoms with E-state index >= 15 is 0 Å². The van der Waals surface area contributed by atoms with E-state index in [0.717, 1.165) is 0 Å². The predicted molar refractivity (Wildman–Crippen MR) is 47.3 cm³/mol. The minimum Gasteiger partial charge on any atom is -0.476 e. The third-order valence-corrected chi connectivity index (χ3v) is 1.45. The Morgan fingerprint density at radius 3 is 2.50 bits per heavy atom. The van der Waals surface area contributed by atoms with Gasteiger partial charge in [0.2, 0.25) is 5.88 Å². The number of ether oxygens (including phenoxy) is 1. The van der Waals surface area contributed by atoms with E-state index in [1.165, 1.54) is 12.4 Å². The Morgan fingerprint density at radius 2 is 1.93 bits per heavy atom. The highest BCUT2D eigenvalue weighted by molar-refractivity contribution is 5.18. The summed E-state index contributed by atoms with van der Waals surface area (Å²) in [4.78, 5) is 7.23. The summed E-state index contributed by atoms with van der Waals surface area (Å²) in [6.45, 7) is 4.22. The fourth-order valence-corrected chi connectivity index (χ4v) is 0.843. The van der Waals surface area contributed by atoms with Crippen LogP contribution in [0.4, 0.5) is 8.78 Å². The molecule has 0 unspecified atom stereocenters. The van der Waals surface area contributed by atoms with Crippen LogP contribution >= 0.6 is 0 Å². The molecule has 0 aromatic carbocycles. The van der Waals surface area contributed by atoms with Gasteiger partial charge in [0.15, 0.2) is 5.69 Å². The number of alkyl halides is 2. The highest BCUT2D eigenvalue weighted by Crippen LogP contribution is 2.24. The molecule has 0 atom stereocenters. The van der Waals surface area contributed by atoms with E-state index < -0.39 is 12.1 Å². The maximum Gasteiger partial charge on any atom is 0.285 e. The average molecular weight is 202 g/mol. The van der Waals surface area contributed by atoms with Gasteiger partial charge in [-0.25, -0.2) is 18.7 Å². The van der Waals surface area contributed by atoms with Gasteiger partial charge in [-0.05, 0) is 5.92 Å².